The lowest BCUT2D eigenvalue weighted by molar-refractivity contribution is -0.127. The Bertz CT molecular complexity index is 1490. The second-order valence-electron chi connectivity index (χ2n) is 9.49. The molecule has 0 unspecified atom stereocenters. The zero-order chi connectivity index (χ0) is 26.5. The van der Waals surface area contributed by atoms with Crippen LogP contribution in [-0.2, 0) is 11.8 Å². The van der Waals surface area contributed by atoms with Crippen molar-refractivity contribution in [2.24, 2.45) is 18.0 Å². The van der Waals surface area contributed by atoms with Gasteiger partial charge in [0.2, 0.25) is 0 Å². The van der Waals surface area contributed by atoms with Gasteiger partial charge in [-0.1, -0.05) is 36.4 Å². The van der Waals surface area contributed by atoms with E-state index in [1.54, 1.807) is 22.6 Å². The molecule has 5 rings (SSSR count). The molecular weight excluding hydrogens is 474 g/mol. The summed E-state index contributed by atoms with van der Waals surface area (Å²) < 4.78 is 1.79. The van der Waals surface area contributed by atoms with E-state index in [0.717, 1.165) is 40.7 Å². The van der Waals surface area contributed by atoms with Crippen LogP contribution in [0.25, 0.3) is 28.1 Å². The van der Waals surface area contributed by atoms with Crippen LogP contribution in [0.4, 0.5) is 0 Å². The van der Waals surface area contributed by atoms with E-state index in [0.29, 0.717) is 31.4 Å². The van der Waals surface area contributed by atoms with Gasteiger partial charge in [-0.2, -0.15) is 10.4 Å². The van der Waals surface area contributed by atoms with Crippen LogP contribution in [-0.4, -0.2) is 56.4 Å². The quantitative estimate of drug-likeness (QED) is 0.373. The number of aryl methyl sites for hydroxylation is 1. The van der Waals surface area contributed by atoms with Gasteiger partial charge in [0.05, 0.1) is 12.7 Å². The molecule has 2 aliphatic rings. The first-order valence-corrected chi connectivity index (χ1v) is 12.7. The van der Waals surface area contributed by atoms with Gasteiger partial charge in [-0.05, 0) is 42.9 Å². The van der Waals surface area contributed by atoms with Crippen LogP contribution in [0.3, 0.4) is 0 Å². The minimum atomic E-state index is -0.171. The Morgan fingerprint density at radius 2 is 1.82 bits per heavy atom. The summed E-state index contributed by atoms with van der Waals surface area (Å²) in [5.41, 5.74) is 6.43. The number of piperidine rings is 1. The number of nitrogens with zero attached hydrogens (tertiary/aromatic N) is 7. The van der Waals surface area contributed by atoms with Crippen molar-refractivity contribution in [1.29, 1.82) is 5.26 Å². The molecule has 8 heteroatoms. The molecule has 190 valence electrons. The summed E-state index contributed by atoms with van der Waals surface area (Å²) in [5, 5.41) is 13.4. The van der Waals surface area contributed by atoms with Gasteiger partial charge in [-0.15, -0.1) is 0 Å². The molecule has 2 aliphatic heterocycles. The number of carbonyl (C=O) groups is 1. The van der Waals surface area contributed by atoms with Gasteiger partial charge in [-0.3, -0.25) is 14.5 Å². The molecule has 0 N–H and O–H groups in total. The Morgan fingerprint density at radius 3 is 2.50 bits per heavy atom. The second-order valence-corrected chi connectivity index (χ2v) is 9.49. The van der Waals surface area contributed by atoms with Crippen molar-refractivity contribution in [3.05, 3.63) is 84.0 Å². The Hall–Kier alpha value is -4.64. The minimum Gasteiger partial charge on any atom is -0.338 e. The van der Waals surface area contributed by atoms with Crippen LogP contribution in [0.15, 0.2) is 83.4 Å². The van der Waals surface area contributed by atoms with Crippen LogP contribution in [0.1, 0.15) is 25.3 Å². The fraction of sp³-hybridized carbons (Fsp3) is 0.267. The number of aromatic nitrogens is 4. The van der Waals surface area contributed by atoms with Crippen LogP contribution in [0.5, 0.6) is 0 Å². The number of carbonyl (C=O) groups excluding carboxylic acids is 1. The summed E-state index contributed by atoms with van der Waals surface area (Å²) in [4.78, 5) is 28.2. The zero-order valence-electron chi connectivity index (χ0n) is 21.6. The van der Waals surface area contributed by atoms with Crippen molar-refractivity contribution in [2.45, 2.75) is 19.8 Å². The predicted octanol–water partition coefficient (Wildman–Crippen LogP) is 4.65. The highest BCUT2D eigenvalue weighted by molar-refractivity contribution is 6.10. The summed E-state index contributed by atoms with van der Waals surface area (Å²) in [6.45, 7) is 3.66. The average molecular weight is 504 g/mol. The Kier molecular flexibility index (Phi) is 7.36. The van der Waals surface area contributed by atoms with Gasteiger partial charge in [-0.25, -0.2) is 9.97 Å². The summed E-state index contributed by atoms with van der Waals surface area (Å²) in [7, 11) is 1.90. The van der Waals surface area contributed by atoms with Gasteiger partial charge in [0, 0.05) is 67.2 Å². The smallest absolute Gasteiger partial charge is 0.264 e. The Morgan fingerprint density at radius 1 is 1.05 bits per heavy atom. The van der Waals surface area contributed by atoms with Gasteiger partial charge in [0.1, 0.15) is 11.6 Å². The number of hydrogen-bond acceptors (Lipinski definition) is 6. The van der Waals surface area contributed by atoms with Crippen molar-refractivity contribution in [3.63, 3.8) is 0 Å². The van der Waals surface area contributed by atoms with E-state index in [1.165, 1.54) is 5.57 Å². The molecule has 1 fully saturated rings. The van der Waals surface area contributed by atoms with Crippen LogP contribution < -0.4 is 0 Å². The molecular formula is C30H29N7O. The second kappa shape index (κ2) is 11.2. The molecule has 0 spiro atoms. The highest BCUT2D eigenvalue weighted by atomic mass is 16.2. The van der Waals surface area contributed by atoms with E-state index >= 15 is 0 Å². The van der Waals surface area contributed by atoms with Gasteiger partial charge < -0.3 is 4.90 Å². The van der Waals surface area contributed by atoms with Gasteiger partial charge in [0.25, 0.3) is 5.91 Å². The van der Waals surface area contributed by atoms with Crippen molar-refractivity contribution >= 4 is 17.7 Å². The number of likely N-dealkylation sites (tertiary alicyclic amines) is 1. The van der Waals surface area contributed by atoms with E-state index in [1.807, 2.05) is 56.3 Å². The summed E-state index contributed by atoms with van der Waals surface area (Å²) >= 11 is 0. The van der Waals surface area contributed by atoms with Crippen molar-refractivity contribution in [1.82, 2.24) is 24.6 Å². The van der Waals surface area contributed by atoms with Crippen molar-refractivity contribution in [2.75, 3.05) is 19.6 Å². The monoisotopic (exact) mass is 503 g/mol. The number of nitriles is 1. The minimum absolute atomic E-state index is 0.171. The predicted molar refractivity (Wildman–Crippen MR) is 148 cm³/mol. The molecule has 1 aromatic carbocycles. The maximum absolute atomic E-state index is 12.5. The lowest BCUT2D eigenvalue weighted by atomic mass is 9.88. The summed E-state index contributed by atoms with van der Waals surface area (Å²) in [5.74, 6) is 0.866. The number of rotatable bonds is 5. The maximum atomic E-state index is 12.5. The van der Waals surface area contributed by atoms with Crippen LogP contribution >= 0.6 is 0 Å². The SMILES string of the molecule is CC=C(C#N)C(=O)N1CCC(C2=CC=C(c3cnc(-c4cccc(-c5cnn(C)c5)c4)nc3)C=NC2)CC1. The lowest BCUT2D eigenvalue weighted by Crippen LogP contribution is -2.39. The van der Waals surface area contributed by atoms with E-state index in [2.05, 4.69) is 44.3 Å². The molecule has 4 heterocycles. The molecule has 1 amide bonds. The van der Waals surface area contributed by atoms with E-state index < -0.39 is 0 Å². The van der Waals surface area contributed by atoms with Crippen molar-refractivity contribution < 1.29 is 4.79 Å². The fourth-order valence-electron chi connectivity index (χ4n) is 4.87. The highest BCUT2D eigenvalue weighted by Crippen LogP contribution is 2.28. The molecule has 0 radical (unpaired) electrons. The number of aliphatic imine (C=N–C) groups is 1. The van der Waals surface area contributed by atoms with Crippen LogP contribution in [0, 0.1) is 17.2 Å². The third kappa shape index (κ3) is 5.37. The molecule has 1 saturated heterocycles. The fourth-order valence-corrected chi connectivity index (χ4v) is 4.87. The highest BCUT2D eigenvalue weighted by Gasteiger charge is 2.26. The third-order valence-corrected chi connectivity index (χ3v) is 7.07. The van der Waals surface area contributed by atoms with Crippen LogP contribution in [0.2, 0.25) is 0 Å². The molecule has 0 saturated carbocycles. The first kappa shape index (κ1) is 25.0. The average Bonchev–Trinajstić information content (AvgIpc) is 3.25. The summed E-state index contributed by atoms with van der Waals surface area (Å²) in [6.07, 6.45) is 17.0. The number of hydrogen-bond donors (Lipinski definition) is 0. The van der Waals surface area contributed by atoms with Gasteiger partial charge in [0.15, 0.2) is 5.82 Å². The Balaban J connectivity index is 1.27. The summed E-state index contributed by atoms with van der Waals surface area (Å²) in [6, 6.07) is 10.1. The number of amides is 1. The molecule has 3 aromatic rings. The van der Waals surface area contributed by atoms with E-state index in [4.69, 9.17) is 5.26 Å². The zero-order valence-corrected chi connectivity index (χ0v) is 21.6. The first-order valence-electron chi connectivity index (χ1n) is 12.7. The Labute approximate surface area is 222 Å². The molecule has 0 aliphatic carbocycles. The number of benzene rings is 1. The number of allylic oxidation sites excluding steroid dienone is 4. The molecule has 2 aromatic heterocycles. The standard InChI is InChI=1S/C30H29N7O/c1-3-21(14-31)30(38)37-11-9-22(10-12-37)25-7-8-26(16-32-15-25)27-17-33-29(34-18-27)24-6-4-5-23(13-24)28-19-35-36(2)20-28/h3-8,13,16-20,22H,9-12,15H2,1-2H3. The molecule has 38 heavy (non-hydrogen) atoms. The maximum Gasteiger partial charge on any atom is 0.264 e. The molecule has 0 bridgehead atoms. The van der Waals surface area contributed by atoms with E-state index in [9.17, 15) is 4.79 Å². The molecule has 0 atom stereocenters. The van der Waals surface area contributed by atoms with Crippen molar-refractivity contribution in [3.8, 4) is 28.6 Å². The topological polar surface area (TPSA) is 100 Å². The largest absolute Gasteiger partial charge is 0.338 e. The first-order chi connectivity index (χ1) is 18.6. The normalized spacial score (nSPS) is 16.4. The lowest BCUT2D eigenvalue weighted by Gasteiger charge is -2.32. The van der Waals surface area contributed by atoms with E-state index in [-0.39, 0.29) is 11.5 Å². The molecule has 8 nitrogen and oxygen atoms in total. The third-order valence-electron chi connectivity index (χ3n) is 7.07. The van der Waals surface area contributed by atoms with Gasteiger partial charge >= 0.3 is 0 Å².